The Balaban J connectivity index is 1.85. The monoisotopic (exact) mass is 441 g/mol. The molecule has 2 aromatic carbocycles. The van der Waals surface area contributed by atoms with Crippen molar-refractivity contribution in [2.45, 2.75) is 25.8 Å². The predicted octanol–water partition coefficient (Wildman–Crippen LogP) is 2.18. The van der Waals surface area contributed by atoms with Gasteiger partial charge in [0.1, 0.15) is 17.4 Å². The molecule has 0 saturated carbocycles. The number of rotatable bonds is 8. The van der Waals surface area contributed by atoms with Crippen molar-refractivity contribution in [3.05, 3.63) is 63.5 Å². The molecule has 0 fully saturated rings. The van der Waals surface area contributed by atoms with Gasteiger partial charge in [0, 0.05) is 17.9 Å². The minimum atomic E-state index is -1.22. The number of carbonyl (C=O) groups excluding carboxylic acids is 1. The third kappa shape index (κ3) is 4.83. The lowest BCUT2D eigenvalue weighted by Crippen LogP contribution is -2.43. The summed E-state index contributed by atoms with van der Waals surface area (Å²) in [6.45, 7) is 1.68. The summed E-state index contributed by atoms with van der Waals surface area (Å²) in [6, 6.07) is 7.99. The Morgan fingerprint density at radius 2 is 1.72 bits per heavy atom. The van der Waals surface area contributed by atoms with Crippen LogP contribution >= 0.6 is 0 Å². The third-order valence-electron chi connectivity index (χ3n) is 5.14. The molecular weight excluding hydrogens is 418 g/mol. The van der Waals surface area contributed by atoms with Crippen LogP contribution in [0.25, 0.3) is 11.0 Å². The molecule has 1 unspecified atom stereocenters. The van der Waals surface area contributed by atoms with Crippen LogP contribution in [-0.4, -0.2) is 42.4 Å². The normalized spacial score (nSPS) is 11.7. The Labute approximate surface area is 183 Å². The quantitative estimate of drug-likeness (QED) is 0.453. The van der Waals surface area contributed by atoms with Gasteiger partial charge in [-0.25, -0.2) is 9.59 Å². The second-order valence-corrected chi connectivity index (χ2v) is 7.20. The van der Waals surface area contributed by atoms with Crippen LogP contribution < -0.4 is 20.4 Å². The number of aromatic hydroxyl groups is 1. The SMILES string of the molecule is COc1cc2oc(=O)c(CC(=O)NC(Cc3ccc(O)cc3)C(=O)O)c(C)c2cc1OC. The van der Waals surface area contributed by atoms with E-state index in [-0.39, 0.29) is 29.7 Å². The molecule has 0 aliphatic rings. The van der Waals surface area contributed by atoms with E-state index in [2.05, 4.69) is 5.32 Å². The summed E-state index contributed by atoms with van der Waals surface area (Å²) in [5.41, 5.74) is 0.861. The molecule has 0 radical (unpaired) electrons. The van der Waals surface area contributed by atoms with Crippen LogP contribution in [0.1, 0.15) is 16.7 Å². The van der Waals surface area contributed by atoms with Gasteiger partial charge in [-0.3, -0.25) is 4.79 Å². The summed E-state index contributed by atoms with van der Waals surface area (Å²) in [4.78, 5) is 36.8. The molecule has 9 heteroatoms. The lowest BCUT2D eigenvalue weighted by Gasteiger charge is -2.16. The number of ether oxygens (including phenoxy) is 2. The number of carboxylic acids is 1. The minimum absolute atomic E-state index is 0.0175. The Kier molecular flexibility index (Phi) is 6.67. The standard InChI is InChI=1S/C23H23NO8/c1-12-15-9-19(30-2)20(31-3)11-18(15)32-23(29)16(12)10-21(26)24-17(22(27)28)8-13-4-6-14(25)7-5-13/h4-7,9,11,17,25H,8,10H2,1-3H3,(H,24,26)(H,27,28). The maximum atomic E-state index is 12.6. The molecule has 0 aliphatic carbocycles. The van der Waals surface area contributed by atoms with E-state index in [1.54, 1.807) is 25.1 Å². The fourth-order valence-corrected chi connectivity index (χ4v) is 3.39. The summed E-state index contributed by atoms with van der Waals surface area (Å²) in [6.07, 6.45) is -0.332. The zero-order valence-corrected chi connectivity index (χ0v) is 17.8. The second-order valence-electron chi connectivity index (χ2n) is 7.20. The van der Waals surface area contributed by atoms with Crippen molar-refractivity contribution >= 4 is 22.8 Å². The summed E-state index contributed by atoms with van der Waals surface area (Å²) in [5, 5.41) is 21.9. The van der Waals surface area contributed by atoms with Crippen molar-refractivity contribution in [2.75, 3.05) is 14.2 Å². The van der Waals surface area contributed by atoms with E-state index < -0.39 is 23.5 Å². The number of fused-ring (bicyclic) bond motifs is 1. The van der Waals surface area contributed by atoms with Gasteiger partial charge in [-0.05, 0) is 36.2 Å². The Morgan fingerprint density at radius 3 is 2.31 bits per heavy atom. The number of nitrogens with one attached hydrogen (secondary N) is 1. The fourth-order valence-electron chi connectivity index (χ4n) is 3.39. The molecule has 1 amide bonds. The molecule has 0 aliphatic heterocycles. The van der Waals surface area contributed by atoms with Crippen molar-refractivity contribution in [3.63, 3.8) is 0 Å². The molecule has 168 valence electrons. The van der Waals surface area contributed by atoms with E-state index in [1.807, 2.05) is 0 Å². The molecule has 3 rings (SSSR count). The van der Waals surface area contributed by atoms with E-state index in [4.69, 9.17) is 13.9 Å². The zero-order valence-electron chi connectivity index (χ0n) is 17.8. The Bertz CT molecular complexity index is 1210. The van der Waals surface area contributed by atoms with Crippen molar-refractivity contribution < 1.29 is 33.7 Å². The number of benzene rings is 2. The lowest BCUT2D eigenvalue weighted by molar-refractivity contribution is -0.141. The minimum Gasteiger partial charge on any atom is -0.508 e. The number of amides is 1. The molecule has 1 aromatic heterocycles. The second kappa shape index (κ2) is 9.42. The molecule has 3 aromatic rings. The van der Waals surface area contributed by atoms with Gasteiger partial charge in [-0.15, -0.1) is 0 Å². The highest BCUT2D eigenvalue weighted by atomic mass is 16.5. The van der Waals surface area contributed by atoms with E-state index >= 15 is 0 Å². The molecule has 3 N–H and O–H groups in total. The smallest absolute Gasteiger partial charge is 0.340 e. The van der Waals surface area contributed by atoms with E-state index in [1.165, 1.54) is 32.4 Å². The van der Waals surface area contributed by atoms with Crippen molar-refractivity contribution in [1.29, 1.82) is 0 Å². The molecule has 32 heavy (non-hydrogen) atoms. The summed E-state index contributed by atoms with van der Waals surface area (Å²) in [5.74, 6) is -0.965. The summed E-state index contributed by atoms with van der Waals surface area (Å²) < 4.78 is 15.9. The molecular formula is C23H23NO8. The molecule has 1 atom stereocenters. The highest BCUT2D eigenvalue weighted by Gasteiger charge is 2.23. The maximum absolute atomic E-state index is 12.6. The van der Waals surface area contributed by atoms with Gasteiger partial charge in [0.15, 0.2) is 11.5 Å². The number of carboxylic acid groups (broad SMARTS) is 1. The van der Waals surface area contributed by atoms with Gasteiger partial charge in [0.25, 0.3) is 0 Å². The van der Waals surface area contributed by atoms with Crippen LogP contribution in [0, 0.1) is 6.92 Å². The number of phenolic OH excluding ortho intramolecular Hbond substituents is 1. The maximum Gasteiger partial charge on any atom is 0.340 e. The average Bonchev–Trinajstić information content (AvgIpc) is 2.76. The van der Waals surface area contributed by atoms with Crippen molar-refractivity contribution in [2.24, 2.45) is 0 Å². The molecule has 1 heterocycles. The van der Waals surface area contributed by atoms with Crippen LogP contribution in [0.15, 0.2) is 45.6 Å². The topological polar surface area (TPSA) is 135 Å². The number of hydrogen-bond acceptors (Lipinski definition) is 7. The molecule has 9 nitrogen and oxygen atoms in total. The van der Waals surface area contributed by atoms with E-state index in [0.717, 1.165) is 0 Å². The van der Waals surface area contributed by atoms with Gasteiger partial charge in [-0.2, -0.15) is 0 Å². The predicted molar refractivity (Wildman–Crippen MR) is 115 cm³/mol. The molecule has 0 spiro atoms. The number of hydrogen-bond donors (Lipinski definition) is 3. The van der Waals surface area contributed by atoms with Gasteiger partial charge in [-0.1, -0.05) is 12.1 Å². The Morgan fingerprint density at radius 1 is 1.09 bits per heavy atom. The average molecular weight is 441 g/mol. The van der Waals surface area contributed by atoms with Crippen molar-refractivity contribution in [1.82, 2.24) is 5.32 Å². The van der Waals surface area contributed by atoms with Crippen LogP contribution in [0.4, 0.5) is 0 Å². The Hall–Kier alpha value is -4.01. The van der Waals surface area contributed by atoms with Crippen LogP contribution in [0.2, 0.25) is 0 Å². The highest BCUT2D eigenvalue weighted by Crippen LogP contribution is 2.33. The summed E-state index contributed by atoms with van der Waals surface area (Å²) >= 11 is 0. The lowest BCUT2D eigenvalue weighted by atomic mass is 10.0. The molecule has 0 bridgehead atoms. The first-order valence-electron chi connectivity index (χ1n) is 9.71. The van der Waals surface area contributed by atoms with E-state index in [9.17, 15) is 24.6 Å². The van der Waals surface area contributed by atoms with Crippen LogP contribution in [0.5, 0.6) is 17.2 Å². The number of methoxy groups -OCH3 is 2. The van der Waals surface area contributed by atoms with Gasteiger partial charge in [0.05, 0.1) is 26.2 Å². The van der Waals surface area contributed by atoms with Gasteiger partial charge >= 0.3 is 11.6 Å². The van der Waals surface area contributed by atoms with Crippen LogP contribution in [0.3, 0.4) is 0 Å². The number of aliphatic carboxylic acids is 1. The highest BCUT2D eigenvalue weighted by molar-refractivity contribution is 5.88. The first-order chi connectivity index (χ1) is 15.2. The largest absolute Gasteiger partial charge is 0.508 e. The third-order valence-corrected chi connectivity index (χ3v) is 5.14. The summed E-state index contributed by atoms with van der Waals surface area (Å²) in [7, 11) is 2.94. The molecule has 0 saturated heterocycles. The first-order valence-corrected chi connectivity index (χ1v) is 9.71. The van der Waals surface area contributed by atoms with E-state index in [0.29, 0.717) is 28.0 Å². The number of aryl methyl sites for hydroxylation is 1. The fraction of sp³-hybridized carbons (Fsp3) is 0.261. The first kappa shape index (κ1) is 22.7. The van der Waals surface area contributed by atoms with Gasteiger partial charge in [0.2, 0.25) is 5.91 Å². The zero-order chi connectivity index (χ0) is 23.4. The number of phenols is 1. The van der Waals surface area contributed by atoms with Crippen molar-refractivity contribution in [3.8, 4) is 17.2 Å². The number of carbonyl (C=O) groups is 2. The van der Waals surface area contributed by atoms with Gasteiger partial charge < -0.3 is 29.4 Å². The van der Waals surface area contributed by atoms with Crippen LogP contribution in [-0.2, 0) is 22.4 Å².